The van der Waals surface area contributed by atoms with Crippen LogP contribution in [0.3, 0.4) is 0 Å². The molecule has 0 aromatic carbocycles. The molecule has 3 N–H and O–H groups in total. The van der Waals surface area contributed by atoms with E-state index in [1.807, 2.05) is 0 Å². The molecule has 0 aliphatic carbocycles. The molecule has 0 bridgehead atoms. The molecule has 0 amide bonds. The van der Waals surface area contributed by atoms with Gasteiger partial charge in [0.15, 0.2) is 0 Å². The molecule has 4 heteroatoms. The first kappa shape index (κ1) is 12.9. The summed E-state index contributed by atoms with van der Waals surface area (Å²) in [6.07, 6.45) is 3.21. The standard InChI is InChI=1S/C11H24N2O2/c1-11(5-3-6-15-9-11)13-8-10(12)4-7-14-2/h10,13H,3-9,12H2,1-2H3. The SMILES string of the molecule is COCCC(N)CNC1(C)CCCOC1. The molecule has 2 atom stereocenters. The maximum atomic E-state index is 5.95. The van der Waals surface area contributed by atoms with E-state index in [2.05, 4.69) is 12.2 Å². The van der Waals surface area contributed by atoms with Crippen LogP contribution < -0.4 is 11.1 Å². The molecule has 1 aliphatic heterocycles. The van der Waals surface area contributed by atoms with Crippen molar-refractivity contribution in [3.8, 4) is 0 Å². The lowest BCUT2D eigenvalue weighted by atomic mass is 9.94. The molecule has 1 aliphatic rings. The highest BCUT2D eigenvalue weighted by atomic mass is 16.5. The maximum Gasteiger partial charge on any atom is 0.0645 e. The van der Waals surface area contributed by atoms with Crippen LogP contribution in [0.15, 0.2) is 0 Å². The summed E-state index contributed by atoms with van der Waals surface area (Å²) in [6, 6.07) is 0.170. The Morgan fingerprint density at radius 1 is 1.60 bits per heavy atom. The second-order valence-corrected chi connectivity index (χ2v) is 4.64. The van der Waals surface area contributed by atoms with Gasteiger partial charge in [-0.25, -0.2) is 0 Å². The molecule has 1 fully saturated rings. The molecule has 0 spiro atoms. The van der Waals surface area contributed by atoms with Crippen LogP contribution >= 0.6 is 0 Å². The molecule has 1 rings (SSSR count). The van der Waals surface area contributed by atoms with E-state index < -0.39 is 0 Å². The zero-order valence-corrected chi connectivity index (χ0v) is 9.92. The number of hydrogen-bond acceptors (Lipinski definition) is 4. The van der Waals surface area contributed by atoms with Crippen LogP contribution in [0, 0.1) is 0 Å². The number of hydrogen-bond donors (Lipinski definition) is 2. The van der Waals surface area contributed by atoms with Gasteiger partial charge in [0.25, 0.3) is 0 Å². The van der Waals surface area contributed by atoms with Crippen molar-refractivity contribution in [2.75, 3.05) is 33.5 Å². The molecule has 90 valence electrons. The third kappa shape index (κ3) is 4.93. The highest BCUT2D eigenvalue weighted by Crippen LogP contribution is 2.17. The zero-order chi connectivity index (χ0) is 11.1. The van der Waals surface area contributed by atoms with Gasteiger partial charge in [-0.3, -0.25) is 0 Å². The van der Waals surface area contributed by atoms with Gasteiger partial charge in [-0.1, -0.05) is 0 Å². The summed E-state index contributed by atoms with van der Waals surface area (Å²) in [7, 11) is 1.70. The van der Waals surface area contributed by atoms with Gasteiger partial charge in [0.2, 0.25) is 0 Å². The molecule has 0 aromatic rings. The summed E-state index contributed by atoms with van der Waals surface area (Å²) >= 11 is 0. The van der Waals surface area contributed by atoms with Gasteiger partial charge in [-0.2, -0.15) is 0 Å². The molecule has 2 unspecified atom stereocenters. The minimum atomic E-state index is 0.114. The van der Waals surface area contributed by atoms with Crippen molar-refractivity contribution in [3.63, 3.8) is 0 Å². The fraction of sp³-hybridized carbons (Fsp3) is 1.00. The smallest absolute Gasteiger partial charge is 0.0645 e. The van der Waals surface area contributed by atoms with Gasteiger partial charge in [0, 0.05) is 38.4 Å². The van der Waals surface area contributed by atoms with E-state index >= 15 is 0 Å². The number of nitrogens with one attached hydrogen (secondary N) is 1. The molecule has 1 saturated heterocycles. The van der Waals surface area contributed by atoms with Crippen LogP contribution in [-0.4, -0.2) is 45.1 Å². The van der Waals surface area contributed by atoms with Gasteiger partial charge >= 0.3 is 0 Å². The highest BCUT2D eigenvalue weighted by molar-refractivity contribution is 4.86. The predicted molar refractivity (Wildman–Crippen MR) is 60.9 cm³/mol. The molecule has 0 saturated carbocycles. The largest absolute Gasteiger partial charge is 0.385 e. The first-order valence-electron chi connectivity index (χ1n) is 5.73. The molecule has 15 heavy (non-hydrogen) atoms. The molecule has 4 nitrogen and oxygen atoms in total. The first-order chi connectivity index (χ1) is 7.16. The van der Waals surface area contributed by atoms with Gasteiger partial charge in [-0.15, -0.1) is 0 Å². The van der Waals surface area contributed by atoms with Crippen LogP contribution in [0.2, 0.25) is 0 Å². The van der Waals surface area contributed by atoms with Gasteiger partial charge in [-0.05, 0) is 26.2 Å². The third-order valence-electron chi connectivity index (χ3n) is 2.92. The van der Waals surface area contributed by atoms with Crippen molar-refractivity contribution in [1.82, 2.24) is 5.32 Å². The molecular weight excluding hydrogens is 192 g/mol. The highest BCUT2D eigenvalue weighted by Gasteiger charge is 2.27. The monoisotopic (exact) mass is 216 g/mol. The van der Waals surface area contributed by atoms with Gasteiger partial charge in [0.05, 0.1) is 6.61 Å². The Bertz CT molecular complexity index is 170. The van der Waals surface area contributed by atoms with Crippen LogP contribution in [0.5, 0.6) is 0 Å². The Morgan fingerprint density at radius 2 is 2.40 bits per heavy atom. The van der Waals surface area contributed by atoms with E-state index in [1.54, 1.807) is 7.11 Å². The van der Waals surface area contributed by atoms with Crippen molar-refractivity contribution >= 4 is 0 Å². The molecular formula is C11H24N2O2. The quantitative estimate of drug-likeness (QED) is 0.679. The van der Waals surface area contributed by atoms with Crippen LogP contribution in [0.25, 0.3) is 0 Å². The lowest BCUT2D eigenvalue weighted by Crippen LogP contribution is -2.52. The van der Waals surface area contributed by atoms with E-state index in [0.717, 1.165) is 39.2 Å². The Balaban J connectivity index is 2.16. The Kier molecular flexibility index (Phi) is 5.53. The number of methoxy groups -OCH3 is 1. The van der Waals surface area contributed by atoms with Gasteiger partial charge in [0.1, 0.15) is 0 Å². The summed E-state index contributed by atoms with van der Waals surface area (Å²) in [6.45, 7) is 5.46. The van der Waals surface area contributed by atoms with Gasteiger partial charge < -0.3 is 20.5 Å². The minimum absolute atomic E-state index is 0.114. The van der Waals surface area contributed by atoms with Crippen molar-refractivity contribution in [1.29, 1.82) is 0 Å². The number of nitrogens with two attached hydrogens (primary N) is 1. The van der Waals surface area contributed by atoms with Crippen LogP contribution in [-0.2, 0) is 9.47 Å². The fourth-order valence-electron chi connectivity index (χ4n) is 1.82. The Morgan fingerprint density at radius 3 is 3.00 bits per heavy atom. The zero-order valence-electron chi connectivity index (χ0n) is 9.92. The Labute approximate surface area is 92.5 Å². The fourth-order valence-corrected chi connectivity index (χ4v) is 1.82. The normalized spacial score (nSPS) is 29.0. The molecule has 1 heterocycles. The second-order valence-electron chi connectivity index (χ2n) is 4.64. The topological polar surface area (TPSA) is 56.5 Å². The Hall–Kier alpha value is -0.160. The van der Waals surface area contributed by atoms with Crippen molar-refractivity contribution in [2.45, 2.75) is 37.8 Å². The van der Waals surface area contributed by atoms with E-state index in [4.69, 9.17) is 15.2 Å². The molecule has 0 aromatic heterocycles. The summed E-state index contributed by atoms with van der Waals surface area (Å²) in [5, 5.41) is 3.50. The third-order valence-corrected chi connectivity index (χ3v) is 2.92. The summed E-state index contributed by atoms with van der Waals surface area (Å²) in [5.41, 5.74) is 6.07. The van der Waals surface area contributed by atoms with E-state index in [9.17, 15) is 0 Å². The van der Waals surface area contributed by atoms with E-state index in [1.165, 1.54) is 6.42 Å². The van der Waals surface area contributed by atoms with Crippen molar-refractivity contribution in [3.05, 3.63) is 0 Å². The predicted octanol–water partition coefficient (Wildman–Crippen LogP) is 0.509. The number of rotatable bonds is 6. The van der Waals surface area contributed by atoms with Crippen LogP contribution in [0.4, 0.5) is 0 Å². The van der Waals surface area contributed by atoms with E-state index in [0.29, 0.717) is 0 Å². The van der Waals surface area contributed by atoms with Crippen LogP contribution in [0.1, 0.15) is 26.2 Å². The lowest BCUT2D eigenvalue weighted by Gasteiger charge is -2.35. The van der Waals surface area contributed by atoms with E-state index in [-0.39, 0.29) is 11.6 Å². The first-order valence-corrected chi connectivity index (χ1v) is 5.73. The average Bonchev–Trinajstić information content (AvgIpc) is 2.25. The average molecular weight is 216 g/mol. The number of ether oxygens (including phenoxy) is 2. The minimum Gasteiger partial charge on any atom is -0.385 e. The van der Waals surface area contributed by atoms with Crippen molar-refractivity contribution < 1.29 is 9.47 Å². The molecule has 0 radical (unpaired) electrons. The second kappa shape index (κ2) is 6.43. The van der Waals surface area contributed by atoms with Crippen molar-refractivity contribution in [2.24, 2.45) is 5.73 Å². The summed E-state index contributed by atoms with van der Waals surface area (Å²) in [5.74, 6) is 0. The maximum absolute atomic E-state index is 5.95. The summed E-state index contributed by atoms with van der Waals surface area (Å²) in [4.78, 5) is 0. The summed E-state index contributed by atoms with van der Waals surface area (Å²) < 4.78 is 10.5. The lowest BCUT2D eigenvalue weighted by molar-refractivity contribution is 0.0277.